The zero-order chi connectivity index (χ0) is 69.6. The molecule has 12 aromatic rings. The SMILES string of the molecule is Cl.Clc1nc(Cl)c2c(n1)CNCC2.Cn1nccc1C(=O)N1CCc2c(Cl)nc(Cl)nc2C1.Cn1nccc1C(=O)N1CCc2c(nc(-c3cncc(F)c3)nc2NCCc2c[nH]c3ccccc23)C1.Cn1nccc1C(=O)N1CCc2c(nc(Cl)nc2NCCc2c[nH]c3ccccc23)C1. The molecule has 0 unspecified atom stereocenters. The summed E-state index contributed by atoms with van der Waals surface area (Å²) in [6.45, 7) is 5.85. The molecule has 10 aromatic heterocycles. The number of benzene rings is 2. The molecule has 0 aliphatic carbocycles. The Morgan fingerprint density at radius 2 is 0.950 bits per heavy atom. The van der Waals surface area contributed by atoms with Crippen molar-refractivity contribution in [1.82, 2.24) is 104 Å². The number of carbonyl (C=O) groups is 3. The molecule has 0 bridgehead atoms. The number of para-hydroxylation sites is 2. The number of hydrogen-bond donors (Lipinski definition) is 5. The van der Waals surface area contributed by atoms with E-state index in [0.717, 1.165) is 101 Å². The van der Waals surface area contributed by atoms with Gasteiger partial charge in [-0.15, -0.1) is 12.4 Å². The summed E-state index contributed by atoms with van der Waals surface area (Å²) in [4.78, 5) is 88.6. The number of fused-ring (bicyclic) bond motifs is 6. The highest BCUT2D eigenvalue weighted by molar-refractivity contribution is 6.33. The lowest BCUT2D eigenvalue weighted by molar-refractivity contribution is 0.0713. The van der Waals surface area contributed by atoms with Gasteiger partial charge in [-0.3, -0.25) is 33.4 Å². The molecule has 14 heterocycles. The van der Waals surface area contributed by atoms with Crippen molar-refractivity contribution in [3.63, 3.8) is 0 Å². The molecule has 101 heavy (non-hydrogen) atoms. The van der Waals surface area contributed by atoms with Crippen LogP contribution in [0.25, 0.3) is 33.2 Å². The van der Waals surface area contributed by atoms with Gasteiger partial charge in [0.1, 0.15) is 44.8 Å². The second-order valence-corrected chi connectivity index (χ2v) is 25.6. The number of anilines is 2. The van der Waals surface area contributed by atoms with Crippen molar-refractivity contribution in [3.05, 3.63) is 221 Å². The average Bonchev–Trinajstić information content (AvgIpc) is 0.985. The monoisotopic (exact) mass is 1480 g/mol. The quantitative estimate of drug-likeness (QED) is 0.0561. The van der Waals surface area contributed by atoms with Gasteiger partial charge in [0.05, 0.1) is 48.6 Å². The predicted molar refractivity (Wildman–Crippen MR) is 385 cm³/mol. The van der Waals surface area contributed by atoms with Gasteiger partial charge in [-0.05, 0) is 127 Å². The highest BCUT2D eigenvalue weighted by Gasteiger charge is 2.31. The number of aromatic amines is 2. The summed E-state index contributed by atoms with van der Waals surface area (Å²) in [5.74, 6) is 1.12. The van der Waals surface area contributed by atoms with Crippen LogP contribution in [0.2, 0.25) is 26.2 Å². The van der Waals surface area contributed by atoms with Crippen molar-refractivity contribution in [3.8, 4) is 11.4 Å². The molecule has 3 amide bonds. The number of nitrogens with zero attached hydrogens (tertiary/aromatic N) is 18. The molecule has 26 nitrogen and oxygen atoms in total. The number of amides is 3. The molecular formula is C68H66Cl6FN23O3. The zero-order valence-electron chi connectivity index (χ0n) is 54.7. The van der Waals surface area contributed by atoms with E-state index in [1.54, 1.807) is 92.9 Å². The zero-order valence-corrected chi connectivity index (χ0v) is 59.3. The molecule has 0 fully saturated rings. The smallest absolute Gasteiger partial charge is 0.272 e. The van der Waals surface area contributed by atoms with Gasteiger partial charge >= 0.3 is 0 Å². The highest BCUT2D eigenvalue weighted by Crippen LogP contribution is 2.32. The van der Waals surface area contributed by atoms with Crippen LogP contribution in [-0.4, -0.2) is 156 Å². The summed E-state index contributed by atoms with van der Waals surface area (Å²) in [6, 6.07) is 23.0. The van der Waals surface area contributed by atoms with E-state index in [0.29, 0.717) is 115 Å². The number of hydrogen-bond acceptors (Lipinski definition) is 18. The number of rotatable bonds is 12. The Labute approximate surface area is 609 Å². The largest absolute Gasteiger partial charge is 0.369 e. The fourth-order valence-corrected chi connectivity index (χ4v) is 13.7. The Morgan fingerprint density at radius 1 is 0.515 bits per heavy atom. The fraction of sp³-hybridized carbons (Fsp3) is 0.279. The summed E-state index contributed by atoms with van der Waals surface area (Å²) in [7, 11) is 5.25. The molecule has 0 saturated heterocycles. The van der Waals surface area contributed by atoms with Crippen molar-refractivity contribution in [2.75, 3.05) is 49.9 Å². The Morgan fingerprint density at radius 3 is 1.44 bits per heavy atom. The van der Waals surface area contributed by atoms with E-state index in [1.165, 1.54) is 28.0 Å². The summed E-state index contributed by atoms with van der Waals surface area (Å²) in [5, 5.41) is 26.1. The summed E-state index contributed by atoms with van der Waals surface area (Å²) >= 11 is 29.6. The Hall–Kier alpha value is -9.74. The van der Waals surface area contributed by atoms with Crippen LogP contribution in [0.15, 0.2) is 116 Å². The van der Waals surface area contributed by atoms with Crippen LogP contribution < -0.4 is 16.0 Å². The fourth-order valence-electron chi connectivity index (χ4n) is 12.5. The molecule has 33 heteroatoms. The lowest BCUT2D eigenvalue weighted by atomic mass is 10.0. The first-order valence-corrected chi connectivity index (χ1v) is 34.0. The molecular weight excluding hydrogens is 1420 g/mol. The van der Waals surface area contributed by atoms with Crippen LogP contribution in [0.4, 0.5) is 16.0 Å². The third-order valence-corrected chi connectivity index (χ3v) is 18.8. The third-order valence-electron chi connectivity index (χ3n) is 17.6. The lowest BCUT2D eigenvalue weighted by Gasteiger charge is -2.29. The maximum Gasteiger partial charge on any atom is 0.272 e. The van der Waals surface area contributed by atoms with Gasteiger partial charge in [0.2, 0.25) is 15.9 Å². The van der Waals surface area contributed by atoms with Crippen LogP contribution >= 0.6 is 70.4 Å². The van der Waals surface area contributed by atoms with E-state index >= 15 is 0 Å². The molecule has 16 rings (SSSR count). The van der Waals surface area contributed by atoms with Crippen LogP contribution in [0.3, 0.4) is 0 Å². The van der Waals surface area contributed by atoms with Crippen LogP contribution in [0.1, 0.15) is 87.6 Å². The number of halogens is 7. The second-order valence-electron chi connectivity index (χ2n) is 23.8. The van der Waals surface area contributed by atoms with Crippen molar-refractivity contribution >= 4 is 122 Å². The van der Waals surface area contributed by atoms with Gasteiger partial charge in [0.15, 0.2) is 5.82 Å². The number of H-pyrrole nitrogens is 2. The summed E-state index contributed by atoms with van der Waals surface area (Å²) in [6.07, 6.45) is 16.0. The molecule has 520 valence electrons. The molecule has 0 atom stereocenters. The van der Waals surface area contributed by atoms with Gasteiger partial charge < -0.3 is 40.6 Å². The van der Waals surface area contributed by atoms with Crippen molar-refractivity contribution in [1.29, 1.82) is 0 Å². The molecule has 0 spiro atoms. The maximum atomic E-state index is 13.9. The Bertz CT molecular complexity index is 5020. The minimum atomic E-state index is -0.458. The Kier molecular flexibility index (Phi) is 22.4. The standard InChI is InChI=1S/C27H25FN8O.C22H22ClN7O.C12H11Cl2N5O.C7H7Cl2N3.ClH/c1-35-24(7-10-32-35)27(37)36-11-8-21-23(16-36)33-25(18-12-19(28)15-29-13-18)34-26(21)30-9-6-17-14-31-22-5-3-2-4-20(17)22;1-29-19(7-10-26-29)21(31)30-11-8-16-18(13-30)27-22(23)28-20(16)24-9-6-14-12-25-17-5-3-2-4-15(14)17;1-18-9(2-4-15-18)11(20)19-5-3-7-8(6-19)16-12(14)17-10(7)13;8-6-4-1-2-10-3-5(4)11-7(9)12-6;/h2-5,7,10,12-15,31H,6,8-9,11,16H2,1H3,(H,30,33,34);2-5,7,10,12,25H,6,8-9,11,13H2,1H3,(H,24,27,28);2,4H,3,5-6H2,1H3;10H,1-3H2;1H. The third kappa shape index (κ3) is 16.2. The van der Waals surface area contributed by atoms with E-state index in [4.69, 9.17) is 68.0 Å². The first-order chi connectivity index (χ1) is 48.5. The molecule has 0 saturated carbocycles. The van der Waals surface area contributed by atoms with Crippen molar-refractivity contribution in [2.24, 2.45) is 21.1 Å². The van der Waals surface area contributed by atoms with Gasteiger partial charge in [-0.2, -0.15) is 15.3 Å². The van der Waals surface area contributed by atoms with Crippen molar-refractivity contribution < 1.29 is 18.8 Å². The minimum Gasteiger partial charge on any atom is -0.369 e. The van der Waals surface area contributed by atoms with Crippen LogP contribution in [0.5, 0.6) is 0 Å². The topological polar surface area (TPSA) is 298 Å². The van der Waals surface area contributed by atoms with Gasteiger partial charge in [0, 0.05) is 147 Å². The number of aromatic nitrogens is 17. The van der Waals surface area contributed by atoms with E-state index in [1.807, 2.05) is 30.5 Å². The maximum absolute atomic E-state index is 13.9. The summed E-state index contributed by atoms with van der Waals surface area (Å²) in [5.41, 5.74) is 13.9. The Balaban J connectivity index is 0.000000136. The molecule has 4 aliphatic rings. The van der Waals surface area contributed by atoms with Crippen LogP contribution in [-0.2, 0) is 85.8 Å². The lowest BCUT2D eigenvalue weighted by Crippen LogP contribution is -2.38. The normalized spacial score (nSPS) is 13.6. The van der Waals surface area contributed by atoms with Crippen LogP contribution in [0, 0.1) is 5.82 Å². The van der Waals surface area contributed by atoms with Gasteiger partial charge in [-0.1, -0.05) is 59.6 Å². The van der Waals surface area contributed by atoms with Gasteiger partial charge in [-0.25, -0.2) is 44.3 Å². The van der Waals surface area contributed by atoms with E-state index in [-0.39, 0.29) is 46.0 Å². The molecule has 2 aromatic carbocycles. The molecule has 5 N–H and O–H groups in total. The number of aryl methyl sites for hydroxylation is 3. The van der Waals surface area contributed by atoms with E-state index in [2.05, 4.69) is 107 Å². The highest BCUT2D eigenvalue weighted by atomic mass is 35.5. The number of nitrogens with one attached hydrogen (secondary N) is 5. The average molecular weight is 1490 g/mol. The van der Waals surface area contributed by atoms with E-state index < -0.39 is 5.82 Å². The van der Waals surface area contributed by atoms with E-state index in [9.17, 15) is 18.8 Å². The predicted octanol–water partition coefficient (Wildman–Crippen LogP) is 10.5. The first-order valence-electron chi connectivity index (χ1n) is 32.1. The van der Waals surface area contributed by atoms with Crippen molar-refractivity contribution in [2.45, 2.75) is 64.7 Å². The van der Waals surface area contributed by atoms with Gasteiger partial charge in [0.25, 0.3) is 17.7 Å². The number of carbonyl (C=O) groups excluding carboxylic acids is 3. The summed E-state index contributed by atoms with van der Waals surface area (Å²) < 4.78 is 18.7. The first kappa shape index (κ1) is 71.1. The number of pyridine rings is 1. The second kappa shape index (κ2) is 31.9. The molecule has 4 aliphatic heterocycles. The molecule has 0 radical (unpaired) electrons. The minimum absolute atomic E-state index is 0.